The number of carboxylic acid groups (broad SMARTS) is 1. The second-order valence-electron chi connectivity index (χ2n) is 4.09. The number of carboxylic acids is 1. The molecule has 1 aromatic heterocycles. The maximum atomic E-state index is 11.3. The van der Waals surface area contributed by atoms with E-state index in [0.717, 1.165) is 15.3 Å². The van der Waals surface area contributed by atoms with Gasteiger partial charge in [0.15, 0.2) is 0 Å². The van der Waals surface area contributed by atoms with E-state index in [9.17, 15) is 9.90 Å². The Bertz CT molecular complexity index is 522. The maximum Gasteiger partial charge on any atom is 0.326 e. The molecule has 0 spiro atoms. The maximum absolute atomic E-state index is 11.3. The summed E-state index contributed by atoms with van der Waals surface area (Å²) in [4.78, 5) is 13.2. The van der Waals surface area contributed by atoms with Crippen molar-refractivity contribution in [1.29, 1.82) is 0 Å². The molecule has 2 N–H and O–H groups in total. The summed E-state index contributed by atoms with van der Waals surface area (Å²) in [6.07, 6.45) is 0. The fourth-order valence-corrected chi connectivity index (χ4v) is 2.68. The number of aliphatic carboxylic acids is 1. The Hall–Kier alpha value is -1.65. The van der Waals surface area contributed by atoms with E-state index in [0.29, 0.717) is 6.54 Å². The molecule has 0 aliphatic rings. The van der Waals surface area contributed by atoms with Crippen LogP contribution >= 0.6 is 11.3 Å². The van der Waals surface area contributed by atoms with E-state index in [2.05, 4.69) is 5.32 Å². The van der Waals surface area contributed by atoms with Gasteiger partial charge in [0.2, 0.25) is 0 Å². The zero-order valence-electron chi connectivity index (χ0n) is 10.1. The van der Waals surface area contributed by atoms with Crippen LogP contribution in [0.1, 0.15) is 21.4 Å². The Balaban J connectivity index is 2.06. The molecule has 4 heteroatoms. The summed E-state index contributed by atoms with van der Waals surface area (Å²) in [5, 5.41) is 12.3. The number of hydrogen-bond donors (Lipinski definition) is 2. The van der Waals surface area contributed by atoms with Gasteiger partial charge < -0.3 is 5.11 Å². The number of carbonyl (C=O) groups is 1. The topological polar surface area (TPSA) is 49.3 Å². The largest absolute Gasteiger partial charge is 0.480 e. The summed E-state index contributed by atoms with van der Waals surface area (Å²) >= 11 is 1.52. The Morgan fingerprint density at radius 2 is 2.00 bits per heavy atom. The van der Waals surface area contributed by atoms with Crippen LogP contribution in [0.15, 0.2) is 42.5 Å². The molecule has 0 saturated heterocycles. The number of nitrogens with one attached hydrogen (secondary N) is 1. The van der Waals surface area contributed by atoms with Crippen molar-refractivity contribution in [2.45, 2.75) is 19.5 Å². The van der Waals surface area contributed by atoms with Crippen LogP contribution in [0.25, 0.3) is 0 Å². The molecule has 0 saturated carbocycles. The highest BCUT2D eigenvalue weighted by Crippen LogP contribution is 2.23. The van der Waals surface area contributed by atoms with E-state index in [-0.39, 0.29) is 0 Å². The summed E-state index contributed by atoms with van der Waals surface area (Å²) in [6.45, 7) is 2.53. The van der Waals surface area contributed by atoms with Gasteiger partial charge in [0.05, 0.1) is 0 Å². The fraction of sp³-hybridized carbons (Fsp3) is 0.214. The molecular formula is C14H15NO2S. The van der Waals surface area contributed by atoms with Crippen molar-refractivity contribution in [2.24, 2.45) is 0 Å². The first-order valence-corrected chi connectivity index (χ1v) is 6.55. The van der Waals surface area contributed by atoms with Gasteiger partial charge in [-0.25, -0.2) is 0 Å². The van der Waals surface area contributed by atoms with Crippen molar-refractivity contribution in [3.05, 3.63) is 57.8 Å². The monoisotopic (exact) mass is 261 g/mol. The lowest BCUT2D eigenvalue weighted by atomic mass is 10.2. The minimum atomic E-state index is -0.840. The van der Waals surface area contributed by atoms with Crippen LogP contribution < -0.4 is 5.32 Å². The molecule has 1 aromatic carbocycles. The minimum Gasteiger partial charge on any atom is -0.480 e. The number of hydrogen-bond acceptors (Lipinski definition) is 3. The van der Waals surface area contributed by atoms with Gasteiger partial charge in [0.1, 0.15) is 6.04 Å². The molecule has 94 valence electrons. The Kier molecular flexibility index (Phi) is 4.12. The van der Waals surface area contributed by atoms with Crippen molar-refractivity contribution in [3.8, 4) is 0 Å². The number of benzene rings is 1. The number of aryl methyl sites for hydroxylation is 1. The molecule has 2 aromatic rings. The predicted molar refractivity (Wildman–Crippen MR) is 72.7 cm³/mol. The molecule has 1 heterocycles. The van der Waals surface area contributed by atoms with Crippen LogP contribution in [0.2, 0.25) is 0 Å². The SMILES string of the molecule is Cc1ccc(C(NCc2ccccc2)C(=O)O)s1. The molecule has 0 radical (unpaired) electrons. The van der Waals surface area contributed by atoms with Gasteiger partial charge in [-0.1, -0.05) is 30.3 Å². The first-order chi connectivity index (χ1) is 8.66. The zero-order chi connectivity index (χ0) is 13.0. The van der Waals surface area contributed by atoms with Gasteiger partial charge >= 0.3 is 5.97 Å². The van der Waals surface area contributed by atoms with Crippen LogP contribution in [-0.4, -0.2) is 11.1 Å². The first kappa shape index (κ1) is 12.8. The molecule has 2 rings (SSSR count). The normalized spacial score (nSPS) is 12.3. The van der Waals surface area contributed by atoms with Crippen LogP contribution in [0.3, 0.4) is 0 Å². The smallest absolute Gasteiger partial charge is 0.326 e. The van der Waals surface area contributed by atoms with Crippen molar-refractivity contribution >= 4 is 17.3 Å². The van der Waals surface area contributed by atoms with E-state index in [1.54, 1.807) is 0 Å². The summed E-state index contributed by atoms with van der Waals surface area (Å²) < 4.78 is 0. The Morgan fingerprint density at radius 3 is 2.56 bits per heavy atom. The summed E-state index contributed by atoms with van der Waals surface area (Å²) in [5.74, 6) is -0.840. The van der Waals surface area contributed by atoms with E-state index < -0.39 is 12.0 Å². The molecule has 0 aliphatic heterocycles. The van der Waals surface area contributed by atoms with Gasteiger partial charge in [-0.3, -0.25) is 10.1 Å². The minimum absolute atomic E-state index is 0.550. The number of thiophene rings is 1. The molecule has 3 nitrogen and oxygen atoms in total. The lowest BCUT2D eigenvalue weighted by Crippen LogP contribution is -2.27. The van der Waals surface area contributed by atoms with Gasteiger partial charge in [-0.05, 0) is 24.6 Å². The Morgan fingerprint density at radius 1 is 1.28 bits per heavy atom. The highest BCUT2D eigenvalue weighted by atomic mass is 32.1. The third-order valence-corrected chi connectivity index (χ3v) is 3.71. The molecular weight excluding hydrogens is 246 g/mol. The molecule has 0 fully saturated rings. The lowest BCUT2D eigenvalue weighted by molar-refractivity contribution is -0.139. The summed E-state index contributed by atoms with van der Waals surface area (Å²) in [6, 6.07) is 13.0. The predicted octanol–water partition coefficient (Wildman–Crippen LogP) is 2.97. The van der Waals surface area contributed by atoms with E-state index in [1.165, 1.54) is 11.3 Å². The highest BCUT2D eigenvalue weighted by molar-refractivity contribution is 7.12. The zero-order valence-corrected chi connectivity index (χ0v) is 10.9. The fourth-order valence-electron chi connectivity index (χ4n) is 1.73. The molecule has 0 aliphatic carbocycles. The molecule has 18 heavy (non-hydrogen) atoms. The molecule has 1 atom stereocenters. The molecule has 0 bridgehead atoms. The van der Waals surface area contributed by atoms with E-state index in [1.807, 2.05) is 49.4 Å². The quantitative estimate of drug-likeness (QED) is 0.870. The van der Waals surface area contributed by atoms with Crippen LogP contribution in [-0.2, 0) is 11.3 Å². The van der Waals surface area contributed by atoms with Gasteiger partial charge in [-0.15, -0.1) is 11.3 Å². The third kappa shape index (κ3) is 3.18. The van der Waals surface area contributed by atoms with Gasteiger partial charge in [0.25, 0.3) is 0 Å². The van der Waals surface area contributed by atoms with Crippen molar-refractivity contribution in [1.82, 2.24) is 5.32 Å². The third-order valence-electron chi connectivity index (χ3n) is 2.65. The van der Waals surface area contributed by atoms with Crippen molar-refractivity contribution in [3.63, 3.8) is 0 Å². The standard InChI is InChI=1S/C14H15NO2S/c1-10-7-8-12(18-10)13(14(16)17)15-9-11-5-3-2-4-6-11/h2-8,13,15H,9H2,1H3,(H,16,17). The van der Waals surface area contributed by atoms with Crippen LogP contribution in [0.4, 0.5) is 0 Å². The van der Waals surface area contributed by atoms with Gasteiger partial charge in [0, 0.05) is 16.3 Å². The van der Waals surface area contributed by atoms with Crippen molar-refractivity contribution in [2.75, 3.05) is 0 Å². The van der Waals surface area contributed by atoms with Crippen LogP contribution in [0, 0.1) is 6.92 Å². The average molecular weight is 261 g/mol. The number of rotatable bonds is 5. The lowest BCUT2D eigenvalue weighted by Gasteiger charge is -2.12. The van der Waals surface area contributed by atoms with Crippen LogP contribution in [0.5, 0.6) is 0 Å². The molecule has 0 amide bonds. The molecule has 1 unspecified atom stereocenters. The van der Waals surface area contributed by atoms with E-state index >= 15 is 0 Å². The van der Waals surface area contributed by atoms with Gasteiger partial charge in [-0.2, -0.15) is 0 Å². The first-order valence-electron chi connectivity index (χ1n) is 5.73. The second-order valence-corrected chi connectivity index (χ2v) is 5.41. The Labute approximate surface area is 110 Å². The highest BCUT2D eigenvalue weighted by Gasteiger charge is 2.20. The summed E-state index contributed by atoms with van der Waals surface area (Å²) in [7, 11) is 0. The van der Waals surface area contributed by atoms with Crippen molar-refractivity contribution < 1.29 is 9.90 Å². The average Bonchev–Trinajstić information content (AvgIpc) is 2.77. The summed E-state index contributed by atoms with van der Waals surface area (Å²) in [5.41, 5.74) is 1.08. The second kappa shape index (κ2) is 5.80. The van der Waals surface area contributed by atoms with E-state index in [4.69, 9.17) is 0 Å².